The predicted octanol–water partition coefficient (Wildman–Crippen LogP) is 1.29. The average Bonchev–Trinajstić information content (AvgIpc) is 3.01. The maximum absolute atomic E-state index is 10.3. The molecule has 0 amide bonds. The van der Waals surface area contributed by atoms with Crippen molar-refractivity contribution in [3.8, 4) is 6.07 Å². The van der Waals surface area contributed by atoms with Crippen LogP contribution in [0.3, 0.4) is 0 Å². The van der Waals surface area contributed by atoms with Crippen molar-refractivity contribution in [2.24, 2.45) is 11.8 Å². The summed E-state index contributed by atoms with van der Waals surface area (Å²) in [6.07, 6.45) is 1.35. The van der Waals surface area contributed by atoms with E-state index in [1.54, 1.807) is 12.1 Å². The molecule has 0 radical (unpaired) electrons. The Balaban J connectivity index is 1.59. The molecule has 0 bridgehead atoms. The first-order valence-corrected chi connectivity index (χ1v) is 7.26. The van der Waals surface area contributed by atoms with Gasteiger partial charge in [-0.05, 0) is 36.5 Å². The normalized spacial score (nSPS) is 30.9. The highest BCUT2D eigenvalue weighted by Gasteiger charge is 2.41. The number of β-amino-alcohol motifs (C(OH)–C–C–N with tert-alkyl or cyclic N) is 1. The molecule has 20 heavy (non-hydrogen) atoms. The molecular formula is C16H20N2O2. The van der Waals surface area contributed by atoms with Gasteiger partial charge < -0.3 is 10.2 Å². The second-order valence-corrected chi connectivity index (χ2v) is 6.04. The Morgan fingerprint density at radius 3 is 2.65 bits per heavy atom. The number of fused-ring (bicyclic) bond motifs is 1. The van der Waals surface area contributed by atoms with E-state index >= 15 is 0 Å². The van der Waals surface area contributed by atoms with E-state index in [1.807, 2.05) is 12.1 Å². The van der Waals surface area contributed by atoms with Gasteiger partial charge in [0.05, 0.1) is 23.8 Å². The lowest BCUT2D eigenvalue weighted by molar-refractivity contribution is 0.101. The van der Waals surface area contributed by atoms with Crippen LogP contribution in [-0.4, -0.2) is 40.9 Å². The number of hydrogen-bond donors (Lipinski definition) is 2. The molecule has 1 saturated carbocycles. The lowest BCUT2D eigenvalue weighted by Crippen LogP contribution is -2.29. The summed E-state index contributed by atoms with van der Waals surface area (Å²) in [5.41, 5.74) is 1.46. The van der Waals surface area contributed by atoms with Crippen molar-refractivity contribution in [1.82, 2.24) is 4.90 Å². The molecule has 1 aliphatic heterocycles. The van der Waals surface area contributed by atoms with Crippen molar-refractivity contribution in [2.45, 2.75) is 25.0 Å². The van der Waals surface area contributed by atoms with Gasteiger partial charge >= 0.3 is 0 Å². The zero-order valence-electron chi connectivity index (χ0n) is 11.4. The molecule has 0 aromatic heterocycles. The van der Waals surface area contributed by atoms with E-state index in [4.69, 9.17) is 5.26 Å². The van der Waals surface area contributed by atoms with Gasteiger partial charge in [0.1, 0.15) is 0 Å². The number of likely N-dealkylation sites (tertiary alicyclic amines) is 1. The molecule has 2 fully saturated rings. The summed E-state index contributed by atoms with van der Waals surface area (Å²) in [4.78, 5) is 2.25. The van der Waals surface area contributed by atoms with Crippen molar-refractivity contribution in [1.29, 1.82) is 5.26 Å². The van der Waals surface area contributed by atoms with Crippen LogP contribution in [0.25, 0.3) is 0 Å². The van der Waals surface area contributed by atoms with Crippen LogP contribution < -0.4 is 0 Å². The Morgan fingerprint density at radius 2 is 2.00 bits per heavy atom. The molecule has 2 aliphatic rings. The monoisotopic (exact) mass is 272 g/mol. The minimum absolute atomic E-state index is 0.156. The summed E-state index contributed by atoms with van der Waals surface area (Å²) >= 11 is 0. The Bertz CT molecular complexity index is 508. The van der Waals surface area contributed by atoms with Gasteiger partial charge in [-0.2, -0.15) is 5.26 Å². The number of rotatable bonds is 3. The van der Waals surface area contributed by atoms with E-state index in [2.05, 4.69) is 11.0 Å². The van der Waals surface area contributed by atoms with Gasteiger partial charge in [-0.25, -0.2) is 0 Å². The fourth-order valence-corrected chi connectivity index (χ4v) is 3.61. The standard InChI is InChI=1S/C16H20N2O2/c17-7-11-1-3-12(4-2-11)16(20)10-18-8-13-5-6-15(19)14(13)9-18/h1-4,13-16,19-20H,5-6,8-10H2. The first-order valence-electron chi connectivity index (χ1n) is 7.26. The highest BCUT2D eigenvalue weighted by atomic mass is 16.3. The van der Waals surface area contributed by atoms with Crippen molar-refractivity contribution in [3.63, 3.8) is 0 Å². The van der Waals surface area contributed by atoms with E-state index in [9.17, 15) is 10.2 Å². The van der Waals surface area contributed by atoms with Gasteiger partial charge in [0.2, 0.25) is 0 Å². The second-order valence-electron chi connectivity index (χ2n) is 6.04. The molecule has 106 valence electrons. The van der Waals surface area contributed by atoms with E-state index in [0.717, 1.165) is 31.5 Å². The van der Waals surface area contributed by atoms with E-state index < -0.39 is 6.10 Å². The maximum Gasteiger partial charge on any atom is 0.0991 e. The molecule has 2 N–H and O–H groups in total. The summed E-state index contributed by atoms with van der Waals surface area (Å²) in [6.45, 7) is 2.47. The molecule has 4 unspecified atom stereocenters. The molecule has 4 heteroatoms. The van der Waals surface area contributed by atoms with Crippen LogP contribution in [0.1, 0.15) is 30.1 Å². The highest BCUT2D eigenvalue weighted by molar-refractivity contribution is 5.32. The highest BCUT2D eigenvalue weighted by Crippen LogP contribution is 2.38. The molecule has 1 saturated heterocycles. The van der Waals surface area contributed by atoms with Gasteiger partial charge in [-0.1, -0.05) is 12.1 Å². The summed E-state index contributed by atoms with van der Waals surface area (Å²) < 4.78 is 0. The molecule has 0 spiro atoms. The number of nitriles is 1. The molecule has 4 nitrogen and oxygen atoms in total. The van der Waals surface area contributed by atoms with Crippen LogP contribution in [0.5, 0.6) is 0 Å². The Hall–Kier alpha value is -1.41. The number of aliphatic hydroxyl groups excluding tert-OH is 2. The molecule has 1 aromatic rings. The zero-order chi connectivity index (χ0) is 14.1. The number of nitrogens with zero attached hydrogens (tertiary/aromatic N) is 2. The summed E-state index contributed by atoms with van der Waals surface area (Å²) in [5, 5.41) is 29.0. The molecule has 1 heterocycles. The van der Waals surface area contributed by atoms with Crippen LogP contribution in [-0.2, 0) is 0 Å². The molecule has 1 aromatic carbocycles. The number of aliphatic hydroxyl groups is 2. The summed E-state index contributed by atoms with van der Waals surface area (Å²) in [6, 6.07) is 9.18. The van der Waals surface area contributed by atoms with Crippen molar-refractivity contribution < 1.29 is 10.2 Å². The Kier molecular flexibility index (Phi) is 3.75. The predicted molar refractivity (Wildman–Crippen MR) is 74.8 cm³/mol. The van der Waals surface area contributed by atoms with Gasteiger partial charge in [0.15, 0.2) is 0 Å². The van der Waals surface area contributed by atoms with Crippen molar-refractivity contribution in [3.05, 3.63) is 35.4 Å². The zero-order valence-corrected chi connectivity index (χ0v) is 11.4. The SMILES string of the molecule is N#Cc1ccc(C(O)CN2CC3CCC(O)C3C2)cc1. The Morgan fingerprint density at radius 1 is 1.25 bits per heavy atom. The summed E-state index contributed by atoms with van der Waals surface area (Å²) in [7, 11) is 0. The third kappa shape index (κ3) is 2.57. The van der Waals surface area contributed by atoms with Crippen molar-refractivity contribution in [2.75, 3.05) is 19.6 Å². The van der Waals surface area contributed by atoms with Gasteiger partial charge in [0.25, 0.3) is 0 Å². The van der Waals surface area contributed by atoms with Gasteiger partial charge in [-0.15, -0.1) is 0 Å². The number of hydrogen-bond acceptors (Lipinski definition) is 4. The molecule has 4 atom stereocenters. The quantitative estimate of drug-likeness (QED) is 0.870. The first kappa shape index (κ1) is 13.6. The maximum atomic E-state index is 10.3. The van der Waals surface area contributed by atoms with Crippen LogP contribution in [0.15, 0.2) is 24.3 Å². The van der Waals surface area contributed by atoms with Gasteiger partial charge in [-0.3, -0.25) is 4.90 Å². The first-order chi connectivity index (χ1) is 9.67. The van der Waals surface area contributed by atoms with E-state index in [1.165, 1.54) is 0 Å². The van der Waals surface area contributed by atoms with E-state index in [-0.39, 0.29) is 6.10 Å². The van der Waals surface area contributed by atoms with Crippen molar-refractivity contribution >= 4 is 0 Å². The molecular weight excluding hydrogens is 252 g/mol. The third-order valence-electron chi connectivity index (χ3n) is 4.75. The van der Waals surface area contributed by atoms with Crippen LogP contribution >= 0.6 is 0 Å². The second kappa shape index (κ2) is 5.53. The lowest BCUT2D eigenvalue weighted by atomic mass is 10.00. The number of benzene rings is 1. The minimum atomic E-state index is -0.529. The molecule has 3 rings (SSSR count). The third-order valence-corrected chi connectivity index (χ3v) is 4.75. The average molecular weight is 272 g/mol. The fourth-order valence-electron chi connectivity index (χ4n) is 3.61. The lowest BCUT2D eigenvalue weighted by Gasteiger charge is -2.21. The molecule has 1 aliphatic carbocycles. The minimum Gasteiger partial charge on any atom is -0.393 e. The van der Waals surface area contributed by atoms with Crippen LogP contribution in [0, 0.1) is 23.2 Å². The topological polar surface area (TPSA) is 67.5 Å². The van der Waals surface area contributed by atoms with Crippen LogP contribution in [0.2, 0.25) is 0 Å². The van der Waals surface area contributed by atoms with Gasteiger partial charge in [0, 0.05) is 25.6 Å². The van der Waals surface area contributed by atoms with Crippen LogP contribution in [0.4, 0.5) is 0 Å². The largest absolute Gasteiger partial charge is 0.393 e. The van der Waals surface area contributed by atoms with E-state index in [0.29, 0.717) is 23.9 Å². The fraction of sp³-hybridized carbons (Fsp3) is 0.562. The Labute approximate surface area is 119 Å². The smallest absolute Gasteiger partial charge is 0.0991 e. The summed E-state index contributed by atoms with van der Waals surface area (Å²) in [5.74, 6) is 0.987.